The Hall–Kier alpha value is -2.64. The van der Waals surface area contributed by atoms with Crippen LogP contribution in [0.4, 0.5) is 0 Å². The Bertz CT molecular complexity index is 1350. The van der Waals surface area contributed by atoms with E-state index in [1.54, 1.807) is 0 Å². The molecule has 44 heavy (non-hydrogen) atoms. The Kier molecular flexibility index (Phi) is 16.2. The highest BCUT2D eigenvalue weighted by atomic mass is 35.5. The summed E-state index contributed by atoms with van der Waals surface area (Å²) >= 11 is 0. The lowest BCUT2D eigenvalue weighted by molar-refractivity contribution is 0.0480. The van der Waals surface area contributed by atoms with Gasteiger partial charge in [-0.25, -0.2) is 9.59 Å². The average Bonchev–Trinajstić information content (AvgIpc) is 3.32. The molecule has 0 saturated heterocycles. The highest BCUT2D eigenvalue weighted by Gasteiger charge is 2.25. The molecule has 0 N–H and O–H groups in total. The maximum absolute atomic E-state index is 13.2. The number of ether oxygens (including phenoxy) is 2. The van der Waals surface area contributed by atoms with Gasteiger partial charge < -0.3 is 19.3 Å². The summed E-state index contributed by atoms with van der Waals surface area (Å²) in [5, 5.41) is 1.93. The molecule has 0 atom stereocenters. The first-order valence-corrected chi connectivity index (χ1v) is 16.0. The van der Waals surface area contributed by atoms with Crippen LogP contribution in [0.25, 0.3) is 33.0 Å². The number of fused-ring (bicyclic) bond motifs is 3. The van der Waals surface area contributed by atoms with Crippen LogP contribution >= 0.6 is 24.8 Å². The molecular formula is C36H50Cl2N2O4. The molecule has 1 aliphatic carbocycles. The zero-order chi connectivity index (χ0) is 29.9. The molecule has 0 spiro atoms. The first-order chi connectivity index (χ1) is 20.5. The SMILES string of the molecule is CCCN(CCC)CCCOC(=O)c1ccc2c(c1)-c1ccc(C(=O)OCCCN(CCC)CCC)c3cccc-2c13.Cl.Cl. The van der Waals surface area contributed by atoms with E-state index in [9.17, 15) is 9.59 Å². The fourth-order valence-electron chi connectivity index (χ4n) is 6.17. The molecule has 0 aromatic heterocycles. The van der Waals surface area contributed by atoms with E-state index in [0.29, 0.717) is 24.3 Å². The van der Waals surface area contributed by atoms with Gasteiger partial charge in [0.15, 0.2) is 0 Å². The predicted molar refractivity (Wildman–Crippen MR) is 187 cm³/mol. The number of benzene rings is 3. The van der Waals surface area contributed by atoms with Crippen LogP contribution in [-0.2, 0) is 9.47 Å². The summed E-state index contributed by atoms with van der Waals surface area (Å²) in [5.74, 6) is -0.577. The maximum Gasteiger partial charge on any atom is 0.338 e. The minimum Gasteiger partial charge on any atom is -0.462 e. The van der Waals surface area contributed by atoms with Crippen LogP contribution in [0.1, 0.15) is 86.9 Å². The molecule has 0 saturated carbocycles. The Morgan fingerprint density at radius 2 is 1.11 bits per heavy atom. The minimum atomic E-state index is -0.292. The normalized spacial score (nSPS) is 11.3. The van der Waals surface area contributed by atoms with Gasteiger partial charge in [-0.1, -0.05) is 58.0 Å². The summed E-state index contributed by atoms with van der Waals surface area (Å²) < 4.78 is 11.4. The van der Waals surface area contributed by atoms with Crippen molar-refractivity contribution in [2.24, 2.45) is 0 Å². The Labute approximate surface area is 276 Å². The Balaban J connectivity index is 0.00000337. The summed E-state index contributed by atoms with van der Waals surface area (Å²) in [6, 6.07) is 15.7. The summed E-state index contributed by atoms with van der Waals surface area (Å²) in [6.45, 7) is 15.8. The largest absolute Gasteiger partial charge is 0.462 e. The summed E-state index contributed by atoms with van der Waals surface area (Å²) in [4.78, 5) is 31.0. The van der Waals surface area contributed by atoms with E-state index in [2.05, 4.69) is 43.6 Å². The maximum atomic E-state index is 13.2. The van der Waals surface area contributed by atoms with Crippen molar-refractivity contribution in [1.82, 2.24) is 9.80 Å². The van der Waals surface area contributed by atoms with E-state index >= 15 is 0 Å². The Morgan fingerprint density at radius 1 is 0.591 bits per heavy atom. The van der Waals surface area contributed by atoms with Crippen molar-refractivity contribution in [1.29, 1.82) is 0 Å². The number of esters is 2. The summed E-state index contributed by atoms with van der Waals surface area (Å²) in [5.41, 5.74) is 5.32. The second-order valence-corrected chi connectivity index (χ2v) is 11.3. The third kappa shape index (κ3) is 9.20. The van der Waals surface area contributed by atoms with Gasteiger partial charge in [-0.3, -0.25) is 0 Å². The lowest BCUT2D eigenvalue weighted by Gasteiger charge is -2.20. The van der Waals surface area contributed by atoms with E-state index in [4.69, 9.17) is 9.47 Å². The topological polar surface area (TPSA) is 59.1 Å². The van der Waals surface area contributed by atoms with Crippen LogP contribution in [0.15, 0.2) is 48.5 Å². The van der Waals surface area contributed by atoms with Crippen LogP contribution in [0.3, 0.4) is 0 Å². The van der Waals surface area contributed by atoms with Crippen molar-refractivity contribution in [3.63, 3.8) is 0 Å². The fraction of sp³-hybridized carbons (Fsp3) is 0.500. The first-order valence-electron chi connectivity index (χ1n) is 16.0. The molecule has 0 radical (unpaired) electrons. The van der Waals surface area contributed by atoms with Gasteiger partial charge in [-0.2, -0.15) is 0 Å². The lowest BCUT2D eigenvalue weighted by atomic mass is 9.98. The fourth-order valence-corrected chi connectivity index (χ4v) is 6.17. The van der Waals surface area contributed by atoms with E-state index in [1.807, 2.05) is 42.5 Å². The van der Waals surface area contributed by atoms with Crippen LogP contribution < -0.4 is 0 Å². The van der Waals surface area contributed by atoms with Gasteiger partial charge in [0, 0.05) is 13.1 Å². The average molecular weight is 646 g/mol. The van der Waals surface area contributed by atoms with Crippen LogP contribution in [0, 0.1) is 0 Å². The molecule has 242 valence electrons. The molecule has 4 rings (SSSR count). The summed E-state index contributed by atoms with van der Waals surface area (Å²) in [6.07, 6.45) is 6.17. The number of rotatable bonds is 18. The van der Waals surface area contributed by atoms with Crippen molar-refractivity contribution in [3.05, 3.63) is 59.7 Å². The van der Waals surface area contributed by atoms with Crippen molar-refractivity contribution >= 4 is 47.5 Å². The number of nitrogens with zero attached hydrogens (tertiary/aromatic N) is 2. The second-order valence-electron chi connectivity index (χ2n) is 11.3. The number of halogens is 2. The molecule has 0 aliphatic heterocycles. The molecule has 0 amide bonds. The lowest BCUT2D eigenvalue weighted by Crippen LogP contribution is -2.27. The monoisotopic (exact) mass is 644 g/mol. The van der Waals surface area contributed by atoms with Crippen molar-refractivity contribution in [3.8, 4) is 22.3 Å². The quantitative estimate of drug-likeness (QED) is 0.0798. The van der Waals surface area contributed by atoms with Gasteiger partial charge in [0.25, 0.3) is 0 Å². The molecule has 0 bridgehead atoms. The van der Waals surface area contributed by atoms with Gasteiger partial charge in [0.05, 0.1) is 24.3 Å². The number of carbonyl (C=O) groups excluding carboxylic acids is 2. The van der Waals surface area contributed by atoms with Gasteiger partial charge in [0.1, 0.15) is 0 Å². The molecule has 3 aromatic carbocycles. The molecule has 0 fully saturated rings. The molecule has 3 aromatic rings. The summed E-state index contributed by atoms with van der Waals surface area (Å²) in [7, 11) is 0. The zero-order valence-corrected chi connectivity index (χ0v) is 28.5. The standard InChI is InChI=1S/C36H48N2O4.2ClH/c1-5-18-37(19-6-2)22-10-24-41-35(39)27-14-15-28-29-12-9-13-30-32(17-16-31(34(29)30)33(28)26-27)36(40)42-25-11-23-38(20-7-3)21-8-4;;/h9,12-17,26H,5-8,10-11,18-25H2,1-4H3;2*1H. The second kappa shape index (κ2) is 19.0. The smallest absolute Gasteiger partial charge is 0.338 e. The van der Waals surface area contributed by atoms with Crippen LogP contribution in [0.2, 0.25) is 0 Å². The minimum absolute atomic E-state index is 0. The van der Waals surface area contributed by atoms with Crippen molar-refractivity contribution < 1.29 is 19.1 Å². The van der Waals surface area contributed by atoms with Crippen LogP contribution in [0.5, 0.6) is 0 Å². The van der Waals surface area contributed by atoms with E-state index in [1.165, 1.54) is 0 Å². The van der Waals surface area contributed by atoms with Gasteiger partial charge in [0.2, 0.25) is 0 Å². The Morgan fingerprint density at radius 3 is 1.68 bits per heavy atom. The third-order valence-corrected chi connectivity index (χ3v) is 7.96. The molecule has 1 aliphatic rings. The van der Waals surface area contributed by atoms with Crippen LogP contribution in [-0.4, -0.2) is 74.2 Å². The number of hydrogen-bond donors (Lipinski definition) is 0. The number of hydrogen-bond acceptors (Lipinski definition) is 6. The zero-order valence-electron chi connectivity index (χ0n) is 26.9. The highest BCUT2D eigenvalue weighted by Crippen LogP contribution is 2.48. The molecule has 0 unspecified atom stereocenters. The molecule has 6 nitrogen and oxygen atoms in total. The van der Waals surface area contributed by atoms with Crippen molar-refractivity contribution in [2.75, 3.05) is 52.5 Å². The van der Waals surface area contributed by atoms with Gasteiger partial charge >= 0.3 is 11.9 Å². The third-order valence-electron chi connectivity index (χ3n) is 7.96. The van der Waals surface area contributed by atoms with E-state index < -0.39 is 0 Å². The number of carbonyl (C=O) groups is 2. The van der Waals surface area contributed by atoms with Crippen molar-refractivity contribution in [2.45, 2.75) is 66.2 Å². The molecule has 0 heterocycles. The highest BCUT2D eigenvalue weighted by molar-refractivity contribution is 6.20. The van der Waals surface area contributed by atoms with Gasteiger partial charge in [-0.15, -0.1) is 24.8 Å². The van der Waals surface area contributed by atoms with Gasteiger partial charge in [-0.05, 0) is 116 Å². The van der Waals surface area contributed by atoms with E-state index in [-0.39, 0.29) is 36.8 Å². The predicted octanol–water partition coefficient (Wildman–Crippen LogP) is 8.67. The first kappa shape index (κ1) is 37.5. The molecular weight excluding hydrogens is 595 g/mol. The van der Waals surface area contributed by atoms with E-state index in [0.717, 1.165) is 111 Å². The molecule has 8 heteroatoms.